The molecule has 0 saturated heterocycles. The second-order valence-electron chi connectivity index (χ2n) is 3.78. The predicted molar refractivity (Wildman–Crippen MR) is 60.3 cm³/mol. The predicted octanol–water partition coefficient (Wildman–Crippen LogP) is 2.06. The maximum Gasteiger partial charge on any atom is 0.171 e. The fourth-order valence-electron chi connectivity index (χ4n) is 1.69. The molecule has 0 unspecified atom stereocenters. The van der Waals surface area contributed by atoms with E-state index in [2.05, 4.69) is 16.2 Å². The van der Waals surface area contributed by atoms with Gasteiger partial charge in [-0.2, -0.15) is 10.4 Å². The average molecular weight is 212 g/mol. The van der Waals surface area contributed by atoms with Crippen molar-refractivity contribution in [3.63, 3.8) is 0 Å². The normalized spacial score (nSPS) is 10.1. The molecular weight excluding hydrogens is 200 g/mol. The summed E-state index contributed by atoms with van der Waals surface area (Å²) in [5.74, 6) is 0.605. The standard InChI is InChI=1S/C12H12N4/c1-8-4-5-14-12(11(8)7-13)16-10(3)6-9(2)15-16/h4-6H,1-3H3. The Hall–Kier alpha value is -2.15. The Morgan fingerprint density at radius 3 is 2.62 bits per heavy atom. The van der Waals surface area contributed by atoms with Gasteiger partial charge in [-0.3, -0.25) is 0 Å². The van der Waals surface area contributed by atoms with Crippen molar-refractivity contribution >= 4 is 0 Å². The summed E-state index contributed by atoms with van der Waals surface area (Å²) in [6, 6.07) is 5.97. The van der Waals surface area contributed by atoms with Crippen molar-refractivity contribution < 1.29 is 0 Å². The molecule has 0 amide bonds. The fourth-order valence-corrected chi connectivity index (χ4v) is 1.69. The summed E-state index contributed by atoms with van der Waals surface area (Å²) >= 11 is 0. The Balaban J connectivity index is 2.70. The molecule has 4 heteroatoms. The molecule has 0 aliphatic rings. The molecule has 0 atom stereocenters. The molecule has 0 saturated carbocycles. The second-order valence-corrected chi connectivity index (χ2v) is 3.78. The van der Waals surface area contributed by atoms with Crippen LogP contribution in [0.25, 0.3) is 5.82 Å². The molecule has 0 fully saturated rings. The number of hydrogen-bond donors (Lipinski definition) is 0. The zero-order chi connectivity index (χ0) is 11.7. The molecule has 0 N–H and O–H groups in total. The van der Waals surface area contributed by atoms with E-state index >= 15 is 0 Å². The lowest BCUT2D eigenvalue weighted by Gasteiger charge is -2.06. The van der Waals surface area contributed by atoms with Crippen LogP contribution in [-0.4, -0.2) is 14.8 Å². The quantitative estimate of drug-likeness (QED) is 0.727. The van der Waals surface area contributed by atoms with E-state index in [4.69, 9.17) is 5.26 Å². The van der Waals surface area contributed by atoms with Gasteiger partial charge in [-0.1, -0.05) is 0 Å². The van der Waals surface area contributed by atoms with Crippen LogP contribution in [0.5, 0.6) is 0 Å². The van der Waals surface area contributed by atoms with Crippen LogP contribution in [0.3, 0.4) is 0 Å². The number of pyridine rings is 1. The van der Waals surface area contributed by atoms with Crippen LogP contribution in [0, 0.1) is 32.1 Å². The van der Waals surface area contributed by atoms with E-state index in [1.54, 1.807) is 10.9 Å². The molecule has 0 aliphatic carbocycles. The monoisotopic (exact) mass is 212 g/mol. The third-order valence-electron chi connectivity index (χ3n) is 2.46. The van der Waals surface area contributed by atoms with Gasteiger partial charge in [0.1, 0.15) is 6.07 Å². The van der Waals surface area contributed by atoms with Crippen molar-refractivity contribution in [3.8, 4) is 11.9 Å². The Morgan fingerprint density at radius 1 is 1.31 bits per heavy atom. The SMILES string of the molecule is Cc1cc(C)n(-c2nccc(C)c2C#N)n1. The zero-order valence-electron chi connectivity index (χ0n) is 9.52. The van der Waals surface area contributed by atoms with Crippen LogP contribution in [0.2, 0.25) is 0 Å². The van der Waals surface area contributed by atoms with Gasteiger partial charge in [-0.15, -0.1) is 0 Å². The van der Waals surface area contributed by atoms with Crippen LogP contribution in [0.1, 0.15) is 22.5 Å². The van der Waals surface area contributed by atoms with Crippen molar-refractivity contribution in [2.75, 3.05) is 0 Å². The average Bonchev–Trinajstić information content (AvgIpc) is 2.57. The van der Waals surface area contributed by atoms with Crippen molar-refractivity contribution in [3.05, 3.63) is 40.8 Å². The van der Waals surface area contributed by atoms with Gasteiger partial charge >= 0.3 is 0 Å². The number of aromatic nitrogens is 3. The third-order valence-corrected chi connectivity index (χ3v) is 2.46. The maximum atomic E-state index is 9.13. The van der Waals surface area contributed by atoms with E-state index in [-0.39, 0.29) is 0 Å². The third kappa shape index (κ3) is 1.57. The van der Waals surface area contributed by atoms with Crippen molar-refractivity contribution in [1.29, 1.82) is 5.26 Å². The van der Waals surface area contributed by atoms with E-state index in [1.807, 2.05) is 32.9 Å². The lowest BCUT2D eigenvalue weighted by Crippen LogP contribution is -2.05. The summed E-state index contributed by atoms with van der Waals surface area (Å²) < 4.78 is 1.71. The summed E-state index contributed by atoms with van der Waals surface area (Å²) in [6.45, 7) is 5.77. The van der Waals surface area contributed by atoms with E-state index < -0.39 is 0 Å². The van der Waals surface area contributed by atoms with Gasteiger partial charge in [0.05, 0.1) is 11.3 Å². The minimum absolute atomic E-state index is 0.578. The topological polar surface area (TPSA) is 54.5 Å². The smallest absolute Gasteiger partial charge is 0.171 e. The van der Waals surface area contributed by atoms with Gasteiger partial charge in [0, 0.05) is 11.9 Å². The first kappa shape index (κ1) is 10.4. The molecule has 80 valence electrons. The van der Waals surface area contributed by atoms with Gasteiger partial charge in [0.25, 0.3) is 0 Å². The minimum Gasteiger partial charge on any atom is -0.236 e. The van der Waals surface area contributed by atoms with Gasteiger partial charge in [-0.25, -0.2) is 9.67 Å². The molecule has 0 spiro atoms. The summed E-state index contributed by atoms with van der Waals surface area (Å²) in [4.78, 5) is 4.23. The van der Waals surface area contributed by atoms with Gasteiger partial charge in [0.15, 0.2) is 5.82 Å². The first-order chi connectivity index (χ1) is 7.63. The summed E-state index contributed by atoms with van der Waals surface area (Å²) in [5.41, 5.74) is 3.39. The highest BCUT2D eigenvalue weighted by molar-refractivity contribution is 5.48. The van der Waals surface area contributed by atoms with Gasteiger partial charge < -0.3 is 0 Å². The number of hydrogen-bond acceptors (Lipinski definition) is 3. The van der Waals surface area contributed by atoms with Crippen LogP contribution < -0.4 is 0 Å². The highest BCUT2D eigenvalue weighted by atomic mass is 15.3. The van der Waals surface area contributed by atoms with Gasteiger partial charge in [-0.05, 0) is 38.5 Å². The summed E-state index contributed by atoms with van der Waals surface area (Å²) in [7, 11) is 0. The largest absolute Gasteiger partial charge is 0.236 e. The zero-order valence-corrected chi connectivity index (χ0v) is 9.52. The second kappa shape index (κ2) is 3.78. The fraction of sp³-hybridized carbons (Fsp3) is 0.250. The van der Waals surface area contributed by atoms with E-state index in [9.17, 15) is 0 Å². The summed E-state index contributed by atoms with van der Waals surface area (Å²) in [5, 5.41) is 13.5. The first-order valence-corrected chi connectivity index (χ1v) is 5.03. The maximum absolute atomic E-state index is 9.13. The number of aryl methyl sites for hydroxylation is 3. The van der Waals surface area contributed by atoms with E-state index in [0.717, 1.165) is 17.0 Å². The molecular formula is C12H12N4. The Bertz CT molecular complexity index is 575. The highest BCUT2D eigenvalue weighted by Gasteiger charge is 2.11. The Kier molecular flexibility index (Phi) is 2.45. The van der Waals surface area contributed by atoms with Gasteiger partial charge in [0.2, 0.25) is 0 Å². The minimum atomic E-state index is 0.578. The molecule has 0 bridgehead atoms. The Morgan fingerprint density at radius 2 is 2.06 bits per heavy atom. The lowest BCUT2D eigenvalue weighted by atomic mass is 10.1. The number of nitriles is 1. The first-order valence-electron chi connectivity index (χ1n) is 5.03. The van der Waals surface area contributed by atoms with Crippen LogP contribution in [-0.2, 0) is 0 Å². The van der Waals surface area contributed by atoms with Crippen molar-refractivity contribution in [1.82, 2.24) is 14.8 Å². The molecule has 2 rings (SSSR count). The number of rotatable bonds is 1. The van der Waals surface area contributed by atoms with Crippen molar-refractivity contribution in [2.24, 2.45) is 0 Å². The van der Waals surface area contributed by atoms with Crippen molar-refractivity contribution in [2.45, 2.75) is 20.8 Å². The number of nitrogens with zero attached hydrogens (tertiary/aromatic N) is 4. The molecule has 16 heavy (non-hydrogen) atoms. The highest BCUT2D eigenvalue weighted by Crippen LogP contribution is 2.16. The lowest BCUT2D eigenvalue weighted by molar-refractivity contribution is 0.801. The Labute approximate surface area is 94.2 Å². The van der Waals surface area contributed by atoms with E-state index in [0.29, 0.717) is 11.4 Å². The van der Waals surface area contributed by atoms with Crippen LogP contribution in [0.4, 0.5) is 0 Å². The van der Waals surface area contributed by atoms with Crippen LogP contribution >= 0.6 is 0 Å². The molecule has 0 aliphatic heterocycles. The molecule has 2 aromatic heterocycles. The molecule has 0 radical (unpaired) electrons. The summed E-state index contributed by atoms with van der Waals surface area (Å²) in [6.07, 6.45) is 1.70. The molecule has 2 aromatic rings. The molecule has 0 aromatic carbocycles. The van der Waals surface area contributed by atoms with Crippen LogP contribution in [0.15, 0.2) is 18.3 Å². The molecule has 4 nitrogen and oxygen atoms in total. The van der Waals surface area contributed by atoms with E-state index in [1.165, 1.54) is 0 Å². The molecule has 2 heterocycles.